The zero-order valence-electron chi connectivity index (χ0n) is 20.7. The van der Waals surface area contributed by atoms with Gasteiger partial charge in [-0.05, 0) is 12.5 Å². The van der Waals surface area contributed by atoms with E-state index < -0.39 is 0 Å². The predicted octanol–water partition coefficient (Wildman–Crippen LogP) is 3.68. The van der Waals surface area contributed by atoms with E-state index in [2.05, 4.69) is 21.3 Å². The summed E-state index contributed by atoms with van der Waals surface area (Å²) < 4.78 is 27.6. The minimum atomic E-state index is -0.109. The monoisotopic (exact) mass is 494 g/mol. The second kappa shape index (κ2) is 11.7. The average molecular weight is 495 g/mol. The number of phenols is 1. The topological polar surface area (TPSA) is 118 Å². The largest absolute Gasteiger partial charge is 0.502 e. The van der Waals surface area contributed by atoms with E-state index in [4.69, 9.17) is 23.7 Å². The SMILES string of the molecule is COc1cc2c(Nc3cc(OC)c(O)c(OC)c3)c(C#N)cnc2cc1OCCCN1CCOCC1. The first-order valence-electron chi connectivity index (χ1n) is 11.6. The Balaban J connectivity index is 1.61. The summed E-state index contributed by atoms with van der Waals surface area (Å²) in [6.45, 7) is 4.91. The molecule has 0 unspecified atom stereocenters. The summed E-state index contributed by atoms with van der Waals surface area (Å²) in [4.78, 5) is 6.83. The Hall–Kier alpha value is -3.94. The number of benzene rings is 2. The lowest BCUT2D eigenvalue weighted by molar-refractivity contribution is 0.0357. The normalized spacial score (nSPS) is 13.7. The van der Waals surface area contributed by atoms with Crippen LogP contribution in [0.5, 0.6) is 28.7 Å². The number of anilines is 2. The van der Waals surface area contributed by atoms with Crippen molar-refractivity contribution >= 4 is 22.3 Å². The van der Waals surface area contributed by atoms with Gasteiger partial charge in [0.25, 0.3) is 0 Å². The van der Waals surface area contributed by atoms with Crippen LogP contribution in [0.4, 0.5) is 11.4 Å². The van der Waals surface area contributed by atoms with Crippen molar-refractivity contribution in [2.75, 3.05) is 66.1 Å². The van der Waals surface area contributed by atoms with Crippen molar-refractivity contribution in [2.45, 2.75) is 6.42 Å². The Morgan fingerprint density at radius 3 is 2.36 bits per heavy atom. The number of nitrogens with zero attached hydrogens (tertiary/aromatic N) is 3. The summed E-state index contributed by atoms with van der Waals surface area (Å²) in [6.07, 6.45) is 2.38. The molecule has 2 aromatic carbocycles. The van der Waals surface area contributed by atoms with Crippen LogP contribution in [0.1, 0.15) is 12.0 Å². The molecule has 0 aliphatic carbocycles. The number of hydrogen-bond donors (Lipinski definition) is 2. The quantitative estimate of drug-likeness (QED) is 0.319. The molecule has 0 saturated carbocycles. The number of rotatable bonds is 10. The van der Waals surface area contributed by atoms with E-state index in [0.717, 1.165) is 39.3 Å². The van der Waals surface area contributed by atoms with Crippen LogP contribution in [0, 0.1) is 11.3 Å². The van der Waals surface area contributed by atoms with Gasteiger partial charge in [-0.1, -0.05) is 0 Å². The van der Waals surface area contributed by atoms with Gasteiger partial charge in [-0.25, -0.2) is 0 Å². The molecule has 0 radical (unpaired) electrons. The molecule has 0 spiro atoms. The highest BCUT2D eigenvalue weighted by Gasteiger charge is 2.17. The third-order valence-electron chi connectivity index (χ3n) is 6.00. The van der Waals surface area contributed by atoms with Gasteiger partial charge in [0.05, 0.1) is 57.9 Å². The summed E-state index contributed by atoms with van der Waals surface area (Å²) in [5, 5.41) is 23.9. The molecule has 0 atom stereocenters. The average Bonchev–Trinajstić information content (AvgIpc) is 2.92. The molecule has 10 nitrogen and oxygen atoms in total. The van der Waals surface area contributed by atoms with Crippen molar-refractivity contribution in [3.05, 3.63) is 36.0 Å². The number of pyridine rings is 1. The number of ether oxygens (including phenoxy) is 5. The number of nitriles is 1. The molecule has 1 saturated heterocycles. The van der Waals surface area contributed by atoms with Crippen LogP contribution in [-0.2, 0) is 4.74 Å². The Morgan fingerprint density at radius 2 is 1.72 bits per heavy atom. The summed E-state index contributed by atoms with van der Waals surface area (Å²) in [6, 6.07) is 9.03. The first kappa shape index (κ1) is 25.2. The van der Waals surface area contributed by atoms with Crippen molar-refractivity contribution in [1.29, 1.82) is 5.26 Å². The van der Waals surface area contributed by atoms with E-state index in [9.17, 15) is 10.4 Å². The van der Waals surface area contributed by atoms with Gasteiger partial charge < -0.3 is 34.1 Å². The molecule has 1 aliphatic rings. The summed E-state index contributed by atoms with van der Waals surface area (Å²) in [5.74, 6) is 1.48. The maximum Gasteiger partial charge on any atom is 0.200 e. The van der Waals surface area contributed by atoms with Crippen molar-refractivity contribution in [1.82, 2.24) is 9.88 Å². The fourth-order valence-corrected chi connectivity index (χ4v) is 4.10. The molecular formula is C26H30N4O6. The molecule has 0 amide bonds. The highest BCUT2D eigenvalue weighted by Crippen LogP contribution is 2.42. The van der Waals surface area contributed by atoms with Crippen molar-refractivity contribution in [2.24, 2.45) is 0 Å². The van der Waals surface area contributed by atoms with Crippen LogP contribution in [0.15, 0.2) is 30.5 Å². The lowest BCUT2D eigenvalue weighted by Gasteiger charge is -2.26. The molecule has 2 N–H and O–H groups in total. The molecule has 2 heterocycles. The molecule has 190 valence electrons. The molecule has 36 heavy (non-hydrogen) atoms. The van der Waals surface area contributed by atoms with Crippen LogP contribution in [0.2, 0.25) is 0 Å². The van der Waals surface area contributed by atoms with E-state index in [1.807, 2.05) is 6.07 Å². The fraction of sp³-hybridized carbons (Fsp3) is 0.385. The van der Waals surface area contributed by atoms with Crippen LogP contribution in [0.25, 0.3) is 10.9 Å². The number of phenolic OH excluding ortho intramolecular Hbond substituents is 1. The number of fused-ring (bicyclic) bond motifs is 1. The third-order valence-corrected chi connectivity index (χ3v) is 6.00. The second-order valence-corrected chi connectivity index (χ2v) is 8.19. The Bertz CT molecular complexity index is 1230. The van der Waals surface area contributed by atoms with Gasteiger partial charge in [0.15, 0.2) is 23.0 Å². The fourth-order valence-electron chi connectivity index (χ4n) is 4.10. The number of aromatic nitrogens is 1. The molecule has 10 heteroatoms. The van der Waals surface area contributed by atoms with Gasteiger partial charge in [-0.3, -0.25) is 9.88 Å². The smallest absolute Gasteiger partial charge is 0.200 e. The number of hydrogen-bond acceptors (Lipinski definition) is 10. The van der Waals surface area contributed by atoms with E-state index in [-0.39, 0.29) is 17.2 Å². The minimum absolute atomic E-state index is 0.109. The molecule has 1 aliphatic heterocycles. The third kappa shape index (κ3) is 5.48. The van der Waals surface area contributed by atoms with Gasteiger partial charge in [0.2, 0.25) is 5.75 Å². The maximum atomic E-state index is 10.2. The lowest BCUT2D eigenvalue weighted by Crippen LogP contribution is -2.37. The minimum Gasteiger partial charge on any atom is -0.502 e. The zero-order valence-corrected chi connectivity index (χ0v) is 20.7. The van der Waals surface area contributed by atoms with E-state index >= 15 is 0 Å². The standard InChI is InChI=1S/C26H30N4O6/c1-32-21-13-19-20(14-22(21)36-8-4-5-30-6-9-35-10-7-30)28-16-17(15-27)25(19)29-18-11-23(33-2)26(31)24(12-18)34-3/h11-14,16,31H,4-10H2,1-3H3,(H,28,29). The Kier molecular flexibility index (Phi) is 8.15. The van der Waals surface area contributed by atoms with Gasteiger partial charge >= 0.3 is 0 Å². The number of methoxy groups -OCH3 is 3. The van der Waals surface area contributed by atoms with Crippen LogP contribution < -0.4 is 24.3 Å². The van der Waals surface area contributed by atoms with Gasteiger partial charge in [-0.15, -0.1) is 0 Å². The van der Waals surface area contributed by atoms with E-state index in [0.29, 0.717) is 45.9 Å². The highest BCUT2D eigenvalue weighted by atomic mass is 16.5. The zero-order chi connectivity index (χ0) is 25.5. The van der Waals surface area contributed by atoms with Gasteiger partial charge in [-0.2, -0.15) is 5.26 Å². The highest BCUT2D eigenvalue weighted by molar-refractivity contribution is 5.97. The lowest BCUT2D eigenvalue weighted by atomic mass is 10.1. The molecule has 4 rings (SSSR count). The van der Waals surface area contributed by atoms with E-state index in [1.165, 1.54) is 20.4 Å². The van der Waals surface area contributed by atoms with E-state index in [1.54, 1.807) is 25.3 Å². The number of aromatic hydroxyl groups is 1. The Labute approximate surface area is 209 Å². The molecule has 3 aromatic rings. The molecule has 1 fully saturated rings. The van der Waals surface area contributed by atoms with Crippen molar-refractivity contribution in [3.63, 3.8) is 0 Å². The number of morpholine rings is 1. The van der Waals surface area contributed by atoms with Crippen LogP contribution >= 0.6 is 0 Å². The van der Waals surface area contributed by atoms with Crippen molar-refractivity contribution < 1.29 is 28.8 Å². The van der Waals surface area contributed by atoms with Crippen LogP contribution in [0.3, 0.4) is 0 Å². The first-order chi connectivity index (χ1) is 17.6. The maximum absolute atomic E-state index is 10.2. The second-order valence-electron chi connectivity index (χ2n) is 8.19. The number of nitrogens with one attached hydrogen (secondary N) is 1. The predicted molar refractivity (Wildman–Crippen MR) is 135 cm³/mol. The summed E-state index contributed by atoms with van der Waals surface area (Å²) >= 11 is 0. The summed E-state index contributed by atoms with van der Waals surface area (Å²) in [7, 11) is 4.48. The van der Waals surface area contributed by atoms with Crippen molar-refractivity contribution in [3.8, 4) is 34.8 Å². The molecular weight excluding hydrogens is 464 g/mol. The summed E-state index contributed by atoms with van der Waals surface area (Å²) in [5.41, 5.74) is 2.08. The Morgan fingerprint density at radius 1 is 1.03 bits per heavy atom. The molecule has 1 aromatic heterocycles. The van der Waals surface area contributed by atoms with Crippen LogP contribution in [-0.4, -0.2) is 75.8 Å². The molecule has 0 bridgehead atoms. The first-order valence-corrected chi connectivity index (χ1v) is 11.6. The van der Waals surface area contributed by atoms with Gasteiger partial charge in [0, 0.05) is 55.1 Å². The van der Waals surface area contributed by atoms with Gasteiger partial charge in [0.1, 0.15) is 6.07 Å².